The van der Waals surface area contributed by atoms with E-state index in [2.05, 4.69) is 15.3 Å². The van der Waals surface area contributed by atoms with Gasteiger partial charge in [-0.3, -0.25) is 0 Å². The third-order valence-electron chi connectivity index (χ3n) is 5.14. The first-order chi connectivity index (χ1) is 14.0. The van der Waals surface area contributed by atoms with Crippen LogP contribution in [0.5, 0.6) is 5.88 Å². The van der Waals surface area contributed by atoms with E-state index in [0.717, 1.165) is 25.7 Å². The molecule has 0 unspecified atom stereocenters. The lowest BCUT2D eigenvalue weighted by Gasteiger charge is -2.23. The van der Waals surface area contributed by atoms with Crippen molar-refractivity contribution in [3.63, 3.8) is 0 Å². The average molecular weight is 420 g/mol. The first kappa shape index (κ1) is 21.3. The van der Waals surface area contributed by atoms with Gasteiger partial charge in [0, 0.05) is 18.8 Å². The number of aromatic nitrogens is 2. The predicted octanol–water partition coefficient (Wildman–Crippen LogP) is 3.54. The molecular weight excluding hydrogens is 390 g/mol. The molecule has 0 amide bonds. The number of hydrogen-bond donors (Lipinski definition) is 2. The molecule has 1 aliphatic carbocycles. The normalized spacial score (nSPS) is 15.4. The molecule has 0 atom stereocenters. The van der Waals surface area contributed by atoms with Crippen molar-refractivity contribution in [2.24, 2.45) is 0 Å². The number of anilines is 3. The second-order valence-electron chi connectivity index (χ2n) is 7.06. The summed E-state index contributed by atoms with van der Waals surface area (Å²) in [5.74, 6) is 0.820. The number of nitrogens with two attached hydrogens (primary N) is 1. The second kappa shape index (κ2) is 9.41. The van der Waals surface area contributed by atoms with Gasteiger partial charge in [-0.1, -0.05) is 20.3 Å². The standard InChI is InChI=1S/C20H29N5O3S/c1-3-25(4-2)29(26,27)17-12-10-15(11-13-17)24-19-18(21)20(23-14-22-19)28-16-8-6-5-7-9-16/h10-14,16H,3-9,21H2,1-2H3,(H,22,23,24). The van der Waals surface area contributed by atoms with Gasteiger partial charge >= 0.3 is 0 Å². The van der Waals surface area contributed by atoms with E-state index in [1.807, 2.05) is 13.8 Å². The van der Waals surface area contributed by atoms with Crippen LogP contribution in [0, 0.1) is 0 Å². The molecule has 0 bridgehead atoms. The number of nitrogens with zero attached hydrogens (tertiary/aromatic N) is 3. The SMILES string of the molecule is CCN(CC)S(=O)(=O)c1ccc(Nc2ncnc(OC3CCCCC3)c2N)cc1. The van der Waals surface area contributed by atoms with Gasteiger partial charge < -0.3 is 15.8 Å². The Hall–Kier alpha value is -2.39. The van der Waals surface area contributed by atoms with Crippen LogP contribution in [0.1, 0.15) is 46.0 Å². The Morgan fingerprint density at radius 1 is 1.10 bits per heavy atom. The minimum absolute atomic E-state index is 0.137. The maximum absolute atomic E-state index is 12.6. The number of benzene rings is 1. The van der Waals surface area contributed by atoms with Gasteiger partial charge in [0.15, 0.2) is 5.82 Å². The van der Waals surface area contributed by atoms with Crippen molar-refractivity contribution in [3.8, 4) is 5.88 Å². The number of ether oxygens (including phenoxy) is 1. The number of sulfonamides is 1. The minimum atomic E-state index is -3.49. The molecule has 158 valence electrons. The van der Waals surface area contributed by atoms with Crippen LogP contribution in [0.3, 0.4) is 0 Å². The molecule has 2 aromatic rings. The summed E-state index contributed by atoms with van der Waals surface area (Å²) in [5, 5.41) is 3.12. The van der Waals surface area contributed by atoms with Crippen LogP contribution >= 0.6 is 0 Å². The molecule has 0 spiro atoms. The number of rotatable bonds is 8. The van der Waals surface area contributed by atoms with Crippen molar-refractivity contribution < 1.29 is 13.2 Å². The van der Waals surface area contributed by atoms with Crippen molar-refractivity contribution in [2.75, 3.05) is 24.1 Å². The van der Waals surface area contributed by atoms with Gasteiger partial charge in [0.05, 0.1) is 4.90 Å². The highest BCUT2D eigenvalue weighted by molar-refractivity contribution is 7.89. The fraction of sp³-hybridized carbons (Fsp3) is 0.500. The molecule has 0 saturated heterocycles. The van der Waals surface area contributed by atoms with Crippen LogP contribution in [0.2, 0.25) is 0 Å². The Morgan fingerprint density at radius 3 is 2.38 bits per heavy atom. The van der Waals surface area contributed by atoms with E-state index in [0.29, 0.717) is 36.2 Å². The van der Waals surface area contributed by atoms with Crippen LogP contribution in [0.4, 0.5) is 17.2 Å². The lowest BCUT2D eigenvalue weighted by atomic mass is 9.98. The molecule has 0 aliphatic heterocycles. The van der Waals surface area contributed by atoms with E-state index in [4.69, 9.17) is 10.5 Å². The lowest BCUT2D eigenvalue weighted by Crippen LogP contribution is -2.30. The van der Waals surface area contributed by atoms with Crippen molar-refractivity contribution in [1.29, 1.82) is 0 Å². The largest absolute Gasteiger partial charge is 0.473 e. The lowest BCUT2D eigenvalue weighted by molar-refractivity contribution is 0.149. The van der Waals surface area contributed by atoms with Gasteiger partial charge in [-0.05, 0) is 49.9 Å². The third-order valence-corrected chi connectivity index (χ3v) is 7.20. The molecule has 3 N–H and O–H groups in total. The van der Waals surface area contributed by atoms with Crippen LogP contribution in [-0.4, -0.2) is 41.9 Å². The van der Waals surface area contributed by atoms with Crippen LogP contribution in [-0.2, 0) is 10.0 Å². The Labute approximate surface area is 172 Å². The zero-order valence-electron chi connectivity index (χ0n) is 17.0. The summed E-state index contributed by atoms with van der Waals surface area (Å²) in [4.78, 5) is 8.63. The number of hydrogen-bond acceptors (Lipinski definition) is 7. The topological polar surface area (TPSA) is 110 Å². The number of nitrogen functional groups attached to an aromatic ring is 1. The zero-order valence-corrected chi connectivity index (χ0v) is 17.8. The predicted molar refractivity (Wildman–Crippen MR) is 114 cm³/mol. The van der Waals surface area contributed by atoms with Gasteiger partial charge in [0.25, 0.3) is 0 Å². The van der Waals surface area contributed by atoms with Crippen LogP contribution < -0.4 is 15.8 Å². The monoisotopic (exact) mass is 419 g/mol. The van der Waals surface area contributed by atoms with E-state index in [9.17, 15) is 8.42 Å². The smallest absolute Gasteiger partial charge is 0.243 e. The van der Waals surface area contributed by atoms with E-state index in [-0.39, 0.29) is 11.0 Å². The maximum Gasteiger partial charge on any atom is 0.243 e. The van der Waals surface area contributed by atoms with Crippen molar-refractivity contribution in [3.05, 3.63) is 30.6 Å². The molecule has 1 fully saturated rings. The minimum Gasteiger partial charge on any atom is -0.473 e. The number of nitrogens with one attached hydrogen (secondary N) is 1. The summed E-state index contributed by atoms with van der Waals surface area (Å²) in [6.45, 7) is 4.50. The van der Waals surface area contributed by atoms with Gasteiger partial charge in [-0.2, -0.15) is 9.29 Å². The summed E-state index contributed by atoms with van der Waals surface area (Å²) >= 11 is 0. The third kappa shape index (κ3) is 4.97. The molecule has 1 aliphatic rings. The Balaban J connectivity index is 1.74. The molecule has 1 aromatic carbocycles. The molecule has 3 rings (SSSR count). The van der Waals surface area contributed by atoms with Gasteiger partial charge in [0.2, 0.25) is 15.9 Å². The van der Waals surface area contributed by atoms with E-state index >= 15 is 0 Å². The highest BCUT2D eigenvalue weighted by atomic mass is 32.2. The van der Waals surface area contributed by atoms with Gasteiger partial charge in [-0.15, -0.1) is 0 Å². The highest BCUT2D eigenvalue weighted by Crippen LogP contribution is 2.31. The van der Waals surface area contributed by atoms with Crippen molar-refractivity contribution in [1.82, 2.24) is 14.3 Å². The fourth-order valence-corrected chi connectivity index (χ4v) is 4.93. The van der Waals surface area contributed by atoms with E-state index < -0.39 is 10.0 Å². The van der Waals surface area contributed by atoms with Crippen molar-refractivity contribution in [2.45, 2.75) is 57.0 Å². The molecule has 0 radical (unpaired) electrons. The molecular formula is C20H29N5O3S. The second-order valence-corrected chi connectivity index (χ2v) is 9.00. The molecule has 1 heterocycles. The Kier molecular flexibility index (Phi) is 6.92. The molecule has 1 aromatic heterocycles. The van der Waals surface area contributed by atoms with Gasteiger partial charge in [-0.25, -0.2) is 13.4 Å². The average Bonchev–Trinajstić information content (AvgIpc) is 2.73. The van der Waals surface area contributed by atoms with Crippen molar-refractivity contribution >= 4 is 27.2 Å². The Bertz CT molecular complexity index is 908. The fourth-order valence-electron chi connectivity index (χ4n) is 3.47. The summed E-state index contributed by atoms with van der Waals surface area (Å²) in [5.41, 5.74) is 7.23. The van der Waals surface area contributed by atoms with Crippen LogP contribution in [0.15, 0.2) is 35.5 Å². The molecule has 8 nitrogen and oxygen atoms in total. The summed E-state index contributed by atoms with van der Waals surface area (Å²) in [7, 11) is -3.49. The Morgan fingerprint density at radius 2 is 1.76 bits per heavy atom. The van der Waals surface area contributed by atoms with Crippen LogP contribution in [0.25, 0.3) is 0 Å². The maximum atomic E-state index is 12.6. The molecule has 29 heavy (non-hydrogen) atoms. The summed E-state index contributed by atoms with van der Waals surface area (Å²) in [6, 6.07) is 6.54. The zero-order chi connectivity index (χ0) is 20.9. The molecule has 1 saturated carbocycles. The quantitative estimate of drug-likeness (QED) is 0.673. The molecule has 9 heteroatoms. The van der Waals surface area contributed by atoms with E-state index in [1.165, 1.54) is 17.1 Å². The van der Waals surface area contributed by atoms with Gasteiger partial charge in [0.1, 0.15) is 18.1 Å². The summed E-state index contributed by atoms with van der Waals surface area (Å²) in [6.07, 6.45) is 7.12. The first-order valence-corrected chi connectivity index (χ1v) is 11.5. The first-order valence-electron chi connectivity index (χ1n) is 10.1. The highest BCUT2D eigenvalue weighted by Gasteiger charge is 2.22. The van der Waals surface area contributed by atoms with E-state index in [1.54, 1.807) is 24.3 Å². The summed E-state index contributed by atoms with van der Waals surface area (Å²) < 4.78 is 32.6.